The van der Waals surface area contributed by atoms with Crippen LogP contribution < -0.4 is 0 Å². The lowest BCUT2D eigenvalue weighted by Gasteiger charge is -2.08. The molecule has 0 bridgehead atoms. The average Bonchev–Trinajstić information content (AvgIpc) is 3.17. The second-order valence-corrected chi connectivity index (χ2v) is 5.12. The molecule has 0 saturated heterocycles. The van der Waals surface area contributed by atoms with Crippen molar-refractivity contribution in [2.24, 2.45) is 0 Å². The molecule has 2 aromatic heterocycles. The SMILES string of the molecule is Cc1ccc(-c2ocnc2C(=O)OC(C)c2nc(C)no2)cc1. The van der Waals surface area contributed by atoms with Gasteiger partial charge in [0.1, 0.15) is 0 Å². The topological polar surface area (TPSA) is 91.2 Å². The van der Waals surface area contributed by atoms with Crippen molar-refractivity contribution >= 4 is 5.97 Å². The monoisotopic (exact) mass is 313 g/mol. The van der Waals surface area contributed by atoms with Crippen LogP contribution in [0.4, 0.5) is 0 Å². The Morgan fingerprint density at radius 2 is 1.96 bits per heavy atom. The third-order valence-corrected chi connectivity index (χ3v) is 3.25. The Balaban J connectivity index is 1.81. The zero-order chi connectivity index (χ0) is 16.4. The molecule has 2 heterocycles. The summed E-state index contributed by atoms with van der Waals surface area (Å²) in [5.41, 5.74) is 1.97. The number of benzene rings is 1. The normalized spacial score (nSPS) is 12.1. The molecule has 7 nitrogen and oxygen atoms in total. The number of aromatic nitrogens is 3. The summed E-state index contributed by atoms with van der Waals surface area (Å²) in [6, 6.07) is 7.57. The van der Waals surface area contributed by atoms with Crippen molar-refractivity contribution in [3.05, 3.63) is 53.6 Å². The van der Waals surface area contributed by atoms with E-state index in [9.17, 15) is 4.79 Å². The van der Waals surface area contributed by atoms with E-state index >= 15 is 0 Å². The molecule has 0 amide bonds. The van der Waals surface area contributed by atoms with Crippen molar-refractivity contribution in [3.63, 3.8) is 0 Å². The standard InChI is InChI=1S/C16H15N3O4/c1-9-4-6-12(7-5-9)14-13(17-8-21-14)16(20)22-10(2)15-18-11(3)19-23-15/h4-8,10H,1-3H3. The molecule has 0 saturated carbocycles. The second kappa shape index (κ2) is 6.04. The molecule has 1 unspecified atom stereocenters. The van der Waals surface area contributed by atoms with E-state index in [1.165, 1.54) is 6.39 Å². The lowest BCUT2D eigenvalue weighted by atomic mass is 10.1. The van der Waals surface area contributed by atoms with Crippen molar-refractivity contribution in [2.75, 3.05) is 0 Å². The quantitative estimate of drug-likeness (QED) is 0.683. The first kappa shape index (κ1) is 15.0. The number of hydrogen-bond donors (Lipinski definition) is 0. The Kier molecular flexibility index (Phi) is 3.92. The van der Waals surface area contributed by atoms with Crippen molar-refractivity contribution in [2.45, 2.75) is 26.9 Å². The van der Waals surface area contributed by atoms with Gasteiger partial charge in [0, 0.05) is 5.56 Å². The van der Waals surface area contributed by atoms with E-state index in [0.29, 0.717) is 11.6 Å². The van der Waals surface area contributed by atoms with Crippen LogP contribution >= 0.6 is 0 Å². The van der Waals surface area contributed by atoms with Gasteiger partial charge in [0.05, 0.1) is 0 Å². The van der Waals surface area contributed by atoms with Crippen molar-refractivity contribution in [1.82, 2.24) is 15.1 Å². The zero-order valence-electron chi connectivity index (χ0n) is 12.9. The average molecular weight is 313 g/mol. The van der Waals surface area contributed by atoms with E-state index in [2.05, 4.69) is 15.1 Å². The summed E-state index contributed by atoms with van der Waals surface area (Å²) < 4.78 is 15.7. The summed E-state index contributed by atoms with van der Waals surface area (Å²) in [7, 11) is 0. The van der Waals surface area contributed by atoms with E-state index in [0.717, 1.165) is 11.1 Å². The van der Waals surface area contributed by atoms with Gasteiger partial charge in [-0.1, -0.05) is 35.0 Å². The number of esters is 1. The van der Waals surface area contributed by atoms with Gasteiger partial charge in [-0.05, 0) is 20.8 Å². The van der Waals surface area contributed by atoms with Gasteiger partial charge in [-0.3, -0.25) is 0 Å². The molecule has 0 spiro atoms. The Bertz CT molecular complexity index is 820. The van der Waals surface area contributed by atoms with Gasteiger partial charge in [-0.15, -0.1) is 0 Å². The Labute approximate surface area is 132 Å². The molecule has 0 N–H and O–H groups in total. The van der Waals surface area contributed by atoms with Gasteiger partial charge in [-0.25, -0.2) is 9.78 Å². The minimum Gasteiger partial charge on any atom is -0.448 e. The highest BCUT2D eigenvalue weighted by atomic mass is 16.6. The van der Waals surface area contributed by atoms with Gasteiger partial charge in [0.15, 0.2) is 29.8 Å². The summed E-state index contributed by atoms with van der Waals surface area (Å²) in [6.07, 6.45) is 0.541. The van der Waals surface area contributed by atoms with Crippen LogP contribution in [0.3, 0.4) is 0 Å². The smallest absolute Gasteiger partial charge is 0.361 e. The molecular weight excluding hydrogens is 298 g/mol. The summed E-state index contributed by atoms with van der Waals surface area (Å²) in [6.45, 7) is 5.32. The number of ether oxygens (including phenoxy) is 1. The fourth-order valence-electron chi connectivity index (χ4n) is 2.05. The lowest BCUT2D eigenvalue weighted by molar-refractivity contribution is 0.0259. The van der Waals surface area contributed by atoms with E-state index in [1.807, 2.05) is 31.2 Å². The number of nitrogens with zero attached hydrogens (tertiary/aromatic N) is 3. The molecule has 1 aromatic carbocycles. The van der Waals surface area contributed by atoms with Gasteiger partial charge in [-0.2, -0.15) is 4.98 Å². The second-order valence-electron chi connectivity index (χ2n) is 5.12. The summed E-state index contributed by atoms with van der Waals surface area (Å²) in [5, 5.41) is 3.67. The highest BCUT2D eigenvalue weighted by molar-refractivity contribution is 5.93. The van der Waals surface area contributed by atoms with Crippen LogP contribution in [0.1, 0.15) is 40.8 Å². The number of oxazole rings is 1. The van der Waals surface area contributed by atoms with Crippen molar-refractivity contribution in [3.8, 4) is 11.3 Å². The molecule has 3 rings (SSSR count). The molecule has 0 radical (unpaired) electrons. The molecule has 0 aliphatic carbocycles. The number of carbonyl (C=O) groups excluding carboxylic acids is 1. The van der Waals surface area contributed by atoms with E-state index < -0.39 is 12.1 Å². The van der Waals surface area contributed by atoms with Crippen LogP contribution in [-0.4, -0.2) is 21.1 Å². The van der Waals surface area contributed by atoms with E-state index in [1.54, 1.807) is 13.8 Å². The van der Waals surface area contributed by atoms with Gasteiger partial charge < -0.3 is 13.7 Å². The maximum Gasteiger partial charge on any atom is 0.361 e. The molecule has 118 valence electrons. The summed E-state index contributed by atoms with van der Waals surface area (Å²) in [5.74, 6) is 0.461. The molecule has 3 aromatic rings. The third-order valence-electron chi connectivity index (χ3n) is 3.25. The molecule has 0 aliphatic heterocycles. The van der Waals surface area contributed by atoms with Crippen LogP contribution in [0.5, 0.6) is 0 Å². The molecule has 0 aliphatic rings. The predicted octanol–water partition coefficient (Wildman–Crippen LogP) is 3.26. The van der Waals surface area contributed by atoms with Crippen molar-refractivity contribution in [1.29, 1.82) is 0 Å². The van der Waals surface area contributed by atoms with Crippen LogP contribution in [0.2, 0.25) is 0 Å². The van der Waals surface area contributed by atoms with Crippen molar-refractivity contribution < 1.29 is 18.5 Å². The van der Waals surface area contributed by atoms with Gasteiger partial charge in [0.2, 0.25) is 0 Å². The molecule has 23 heavy (non-hydrogen) atoms. The Morgan fingerprint density at radius 3 is 2.61 bits per heavy atom. The highest BCUT2D eigenvalue weighted by Gasteiger charge is 2.24. The molecular formula is C16H15N3O4. The molecule has 7 heteroatoms. The summed E-state index contributed by atoms with van der Waals surface area (Å²) in [4.78, 5) is 20.3. The van der Waals surface area contributed by atoms with Crippen LogP contribution in [0.25, 0.3) is 11.3 Å². The fraction of sp³-hybridized carbons (Fsp3) is 0.250. The maximum atomic E-state index is 12.3. The van der Waals surface area contributed by atoms with Crippen LogP contribution in [0.15, 0.2) is 39.6 Å². The fourth-order valence-corrected chi connectivity index (χ4v) is 2.05. The zero-order valence-corrected chi connectivity index (χ0v) is 12.9. The van der Waals surface area contributed by atoms with Gasteiger partial charge >= 0.3 is 5.97 Å². The molecule has 0 fully saturated rings. The summed E-state index contributed by atoms with van der Waals surface area (Å²) >= 11 is 0. The first-order valence-corrected chi connectivity index (χ1v) is 7.06. The minimum absolute atomic E-state index is 0.108. The number of carbonyl (C=O) groups is 1. The molecule has 1 atom stereocenters. The predicted molar refractivity (Wildman–Crippen MR) is 79.5 cm³/mol. The first-order chi connectivity index (χ1) is 11.0. The highest BCUT2D eigenvalue weighted by Crippen LogP contribution is 2.25. The van der Waals surface area contributed by atoms with E-state index in [4.69, 9.17) is 13.7 Å². The first-order valence-electron chi connectivity index (χ1n) is 7.06. The minimum atomic E-state index is -0.675. The third kappa shape index (κ3) is 3.13. The van der Waals surface area contributed by atoms with Gasteiger partial charge in [0.25, 0.3) is 5.89 Å². The Morgan fingerprint density at radius 1 is 1.22 bits per heavy atom. The number of rotatable bonds is 4. The number of aryl methyl sites for hydroxylation is 2. The lowest BCUT2D eigenvalue weighted by Crippen LogP contribution is -2.11. The van der Waals surface area contributed by atoms with Crippen LogP contribution in [-0.2, 0) is 4.74 Å². The van der Waals surface area contributed by atoms with E-state index in [-0.39, 0.29) is 11.6 Å². The Hall–Kier alpha value is -2.96. The largest absolute Gasteiger partial charge is 0.448 e. The number of hydrogen-bond acceptors (Lipinski definition) is 7. The maximum absolute atomic E-state index is 12.3. The van der Waals surface area contributed by atoms with Crippen LogP contribution in [0, 0.1) is 13.8 Å².